The predicted molar refractivity (Wildman–Crippen MR) is 66.5 cm³/mol. The van der Waals surface area contributed by atoms with Gasteiger partial charge in [-0.25, -0.2) is 4.79 Å². The third kappa shape index (κ3) is 2.20. The number of fused-ring (bicyclic) bond motifs is 1. The standard InChI is InChI=1S/C13H11NO5/c15-7-9-8-3-1-2-4-10(8)14(6-5-11(16)17)12(9)13(18)19/h1-4,7H,5-6H2,(H,16,17)(H,18,19). The highest BCUT2D eigenvalue weighted by molar-refractivity contribution is 6.08. The number of hydrogen-bond donors (Lipinski definition) is 2. The Hall–Kier alpha value is -2.63. The van der Waals surface area contributed by atoms with E-state index in [9.17, 15) is 19.5 Å². The van der Waals surface area contributed by atoms with Gasteiger partial charge in [-0.3, -0.25) is 9.59 Å². The zero-order valence-corrected chi connectivity index (χ0v) is 9.87. The highest BCUT2D eigenvalue weighted by Crippen LogP contribution is 2.25. The molecule has 0 amide bonds. The Morgan fingerprint density at radius 1 is 1.21 bits per heavy atom. The van der Waals surface area contributed by atoms with Crippen molar-refractivity contribution >= 4 is 29.1 Å². The van der Waals surface area contributed by atoms with E-state index in [0.717, 1.165) is 0 Å². The number of para-hydroxylation sites is 1. The lowest BCUT2D eigenvalue weighted by Gasteiger charge is -2.06. The Bertz CT molecular complexity index is 671. The molecule has 98 valence electrons. The molecule has 0 bridgehead atoms. The SMILES string of the molecule is O=Cc1c(C(=O)O)n(CCC(=O)O)c2ccccc12. The Labute approximate surface area is 107 Å². The van der Waals surface area contributed by atoms with Gasteiger partial charge in [-0.05, 0) is 6.07 Å². The third-order valence-electron chi connectivity index (χ3n) is 2.88. The number of carboxylic acid groups (broad SMARTS) is 2. The molecule has 19 heavy (non-hydrogen) atoms. The fraction of sp³-hybridized carbons (Fsp3) is 0.154. The monoisotopic (exact) mass is 261 g/mol. The second-order valence-corrected chi connectivity index (χ2v) is 4.00. The van der Waals surface area contributed by atoms with Gasteiger partial charge >= 0.3 is 11.9 Å². The van der Waals surface area contributed by atoms with Gasteiger partial charge in [0.1, 0.15) is 5.69 Å². The van der Waals surface area contributed by atoms with Crippen molar-refractivity contribution in [2.75, 3.05) is 0 Å². The molecular formula is C13H11NO5. The summed E-state index contributed by atoms with van der Waals surface area (Å²) < 4.78 is 1.36. The van der Waals surface area contributed by atoms with E-state index >= 15 is 0 Å². The second kappa shape index (κ2) is 4.93. The number of carbonyl (C=O) groups is 3. The van der Waals surface area contributed by atoms with Gasteiger partial charge in [0.2, 0.25) is 0 Å². The van der Waals surface area contributed by atoms with Crippen LogP contribution in [0.3, 0.4) is 0 Å². The van der Waals surface area contributed by atoms with E-state index in [0.29, 0.717) is 17.2 Å². The molecule has 0 spiro atoms. The van der Waals surface area contributed by atoms with E-state index in [2.05, 4.69) is 0 Å². The topological polar surface area (TPSA) is 96.6 Å². The molecule has 0 saturated heterocycles. The summed E-state index contributed by atoms with van der Waals surface area (Å²) in [7, 11) is 0. The number of aromatic nitrogens is 1. The summed E-state index contributed by atoms with van der Waals surface area (Å²) >= 11 is 0. The predicted octanol–water partition coefficient (Wildman–Crippen LogP) is 1.63. The van der Waals surface area contributed by atoms with Crippen LogP contribution in [0.25, 0.3) is 10.9 Å². The van der Waals surface area contributed by atoms with Crippen LogP contribution in [0.15, 0.2) is 24.3 Å². The number of aryl methyl sites for hydroxylation is 1. The zero-order chi connectivity index (χ0) is 14.0. The molecule has 0 aliphatic rings. The Kier molecular flexibility index (Phi) is 3.33. The Morgan fingerprint density at radius 2 is 1.89 bits per heavy atom. The molecule has 0 saturated carbocycles. The summed E-state index contributed by atoms with van der Waals surface area (Å²) in [4.78, 5) is 33.0. The quantitative estimate of drug-likeness (QED) is 0.797. The van der Waals surface area contributed by atoms with Crippen molar-refractivity contribution in [1.29, 1.82) is 0 Å². The number of aldehydes is 1. The summed E-state index contributed by atoms with van der Waals surface area (Å²) in [6.07, 6.45) is 0.278. The normalized spacial score (nSPS) is 10.5. The Balaban J connectivity index is 2.70. The number of carboxylic acids is 2. The molecule has 6 heteroatoms. The van der Waals surface area contributed by atoms with Crippen LogP contribution in [-0.4, -0.2) is 33.0 Å². The minimum Gasteiger partial charge on any atom is -0.481 e. The fourth-order valence-corrected chi connectivity index (χ4v) is 2.12. The average molecular weight is 261 g/mol. The van der Waals surface area contributed by atoms with E-state index in [4.69, 9.17) is 5.11 Å². The molecular weight excluding hydrogens is 250 g/mol. The lowest BCUT2D eigenvalue weighted by molar-refractivity contribution is -0.137. The lowest BCUT2D eigenvalue weighted by atomic mass is 10.1. The smallest absolute Gasteiger partial charge is 0.353 e. The van der Waals surface area contributed by atoms with Crippen molar-refractivity contribution in [2.24, 2.45) is 0 Å². The van der Waals surface area contributed by atoms with E-state index < -0.39 is 11.9 Å². The molecule has 2 rings (SSSR count). The zero-order valence-electron chi connectivity index (χ0n) is 9.87. The van der Waals surface area contributed by atoms with Gasteiger partial charge in [0.05, 0.1) is 12.0 Å². The summed E-state index contributed by atoms with van der Waals surface area (Å²) in [5, 5.41) is 18.4. The van der Waals surface area contributed by atoms with Crippen LogP contribution < -0.4 is 0 Å². The third-order valence-corrected chi connectivity index (χ3v) is 2.88. The van der Waals surface area contributed by atoms with Gasteiger partial charge in [-0.2, -0.15) is 0 Å². The van der Waals surface area contributed by atoms with Crippen LogP contribution in [0.2, 0.25) is 0 Å². The molecule has 0 fully saturated rings. The summed E-state index contributed by atoms with van der Waals surface area (Å²) in [5.74, 6) is -2.27. The molecule has 0 aliphatic heterocycles. The van der Waals surface area contributed by atoms with E-state index in [1.165, 1.54) is 4.57 Å². The lowest BCUT2D eigenvalue weighted by Crippen LogP contribution is -2.12. The second-order valence-electron chi connectivity index (χ2n) is 4.00. The van der Waals surface area contributed by atoms with Gasteiger partial charge < -0.3 is 14.8 Å². The first-order chi connectivity index (χ1) is 9.06. The molecule has 1 aromatic carbocycles. The number of rotatable bonds is 5. The molecule has 2 aromatic rings. The summed E-state index contributed by atoms with van der Waals surface area (Å²) in [6, 6.07) is 6.71. The summed E-state index contributed by atoms with van der Waals surface area (Å²) in [6.45, 7) is 0.00528. The van der Waals surface area contributed by atoms with Gasteiger partial charge in [0, 0.05) is 17.4 Å². The first-order valence-corrected chi connectivity index (χ1v) is 5.57. The fourth-order valence-electron chi connectivity index (χ4n) is 2.12. The molecule has 0 unspecified atom stereocenters. The van der Waals surface area contributed by atoms with Crippen LogP contribution in [0.5, 0.6) is 0 Å². The molecule has 0 aliphatic carbocycles. The van der Waals surface area contributed by atoms with Crippen molar-refractivity contribution < 1.29 is 24.6 Å². The van der Waals surface area contributed by atoms with E-state index in [1.54, 1.807) is 24.3 Å². The highest BCUT2D eigenvalue weighted by atomic mass is 16.4. The number of nitrogens with zero attached hydrogens (tertiary/aromatic N) is 1. The van der Waals surface area contributed by atoms with Gasteiger partial charge in [-0.15, -0.1) is 0 Å². The largest absolute Gasteiger partial charge is 0.481 e. The number of benzene rings is 1. The molecule has 1 heterocycles. The number of aliphatic carboxylic acids is 1. The van der Waals surface area contributed by atoms with Crippen LogP contribution in [0.1, 0.15) is 27.3 Å². The highest BCUT2D eigenvalue weighted by Gasteiger charge is 2.21. The first-order valence-electron chi connectivity index (χ1n) is 5.57. The summed E-state index contributed by atoms with van der Waals surface area (Å²) in [5.41, 5.74) is 0.453. The van der Waals surface area contributed by atoms with Gasteiger partial charge in [0.15, 0.2) is 6.29 Å². The molecule has 0 radical (unpaired) electrons. The van der Waals surface area contributed by atoms with Crippen LogP contribution in [-0.2, 0) is 11.3 Å². The first kappa shape index (κ1) is 12.8. The molecule has 2 N–H and O–H groups in total. The Morgan fingerprint density at radius 3 is 2.47 bits per heavy atom. The number of hydrogen-bond acceptors (Lipinski definition) is 3. The van der Waals surface area contributed by atoms with Crippen molar-refractivity contribution in [3.63, 3.8) is 0 Å². The van der Waals surface area contributed by atoms with Crippen molar-refractivity contribution in [1.82, 2.24) is 4.57 Å². The van der Waals surface area contributed by atoms with Gasteiger partial charge in [0.25, 0.3) is 0 Å². The van der Waals surface area contributed by atoms with Crippen molar-refractivity contribution in [3.05, 3.63) is 35.5 Å². The molecule has 6 nitrogen and oxygen atoms in total. The number of carbonyl (C=O) groups excluding carboxylic acids is 1. The molecule has 0 atom stereocenters. The average Bonchev–Trinajstić information content (AvgIpc) is 2.70. The van der Waals surface area contributed by atoms with Crippen LogP contribution in [0.4, 0.5) is 0 Å². The van der Waals surface area contributed by atoms with E-state index in [-0.39, 0.29) is 24.2 Å². The maximum Gasteiger partial charge on any atom is 0.353 e. The van der Waals surface area contributed by atoms with E-state index in [1.807, 2.05) is 0 Å². The van der Waals surface area contributed by atoms with Gasteiger partial charge in [-0.1, -0.05) is 18.2 Å². The minimum absolute atomic E-state index is 0.00528. The maximum atomic E-state index is 11.3. The number of aromatic carboxylic acids is 1. The molecule has 1 aromatic heterocycles. The maximum absolute atomic E-state index is 11.3. The van der Waals surface area contributed by atoms with Crippen LogP contribution in [0, 0.1) is 0 Å². The van der Waals surface area contributed by atoms with Crippen LogP contribution >= 0.6 is 0 Å². The van der Waals surface area contributed by atoms with Crippen molar-refractivity contribution in [2.45, 2.75) is 13.0 Å². The van der Waals surface area contributed by atoms with Crippen molar-refractivity contribution in [3.8, 4) is 0 Å². The minimum atomic E-state index is -1.25.